The van der Waals surface area contributed by atoms with Gasteiger partial charge in [0, 0.05) is 17.0 Å². The highest BCUT2D eigenvalue weighted by Gasteiger charge is 2.13. The van der Waals surface area contributed by atoms with Crippen LogP contribution in [0.2, 0.25) is 0 Å². The molecule has 2 aromatic rings. The summed E-state index contributed by atoms with van der Waals surface area (Å²) in [6.45, 7) is 5.99. The Morgan fingerprint density at radius 3 is 3.05 bits per heavy atom. The summed E-state index contributed by atoms with van der Waals surface area (Å²) in [4.78, 5) is 17.3. The minimum atomic E-state index is -0.0150. The average molecular weight is 302 g/mol. The molecule has 0 unspecified atom stereocenters. The fourth-order valence-corrected chi connectivity index (χ4v) is 2.92. The van der Waals surface area contributed by atoms with Gasteiger partial charge in [-0.15, -0.1) is 17.9 Å². The number of nitrogens with zero attached hydrogens (tertiary/aromatic N) is 1. The Kier molecular flexibility index (Phi) is 5.11. The van der Waals surface area contributed by atoms with Crippen molar-refractivity contribution in [1.29, 1.82) is 0 Å². The van der Waals surface area contributed by atoms with Crippen LogP contribution in [0.4, 0.5) is 0 Å². The molecule has 4 nitrogen and oxygen atoms in total. The van der Waals surface area contributed by atoms with E-state index in [0.29, 0.717) is 13.0 Å². The molecular weight excluding hydrogens is 284 g/mol. The number of aromatic nitrogens is 1. The standard InChI is InChI=1S/C16H18N2O2S/c1-4-8-17-15(19)10-14-11(2)18-16(21-14)12-6-5-7-13(9-12)20-3/h4-7,9H,1,8,10H2,2-3H3,(H,17,19). The topological polar surface area (TPSA) is 51.2 Å². The summed E-state index contributed by atoms with van der Waals surface area (Å²) in [6.07, 6.45) is 2.01. The second kappa shape index (κ2) is 7.04. The molecule has 0 fully saturated rings. The predicted octanol–water partition coefficient (Wildman–Crippen LogP) is 2.97. The zero-order valence-electron chi connectivity index (χ0n) is 12.2. The van der Waals surface area contributed by atoms with Gasteiger partial charge in [-0.05, 0) is 19.1 Å². The third kappa shape index (κ3) is 3.92. The van der Waals surface area contributed by atoms with Crippen molar-refractivity contribution in [2.45, 2.75) is 13.3 Å². The van der Waals surface area contributed by atoms with Crippen LogP contribution in [0.1, 0.15) is 10.6 Å². The summed E-state index contributed by atoms with van der Waals surface area (Å²) in [5.74, 6) is 0.782. The maximum atomic E-state index is 11.8. The third-order valence-corrected chi connectivity index (χ3v) is 4.18. The van der Waals surface area contributed by atoms with E-state index in [0.717, 1.165) is 26.9 Å². The second-order valence-electron chi connectivity index (χ2n) is 4.53. The summed E-state index contributed by atoms with van der Waals surface area (Å²) in [6, 6.07) is 7.76. The molecule has 1 amide bonds. The molecule has 0 aliphatic rings. The van der Waals surface area contributed by atoms with Gasteiger partial charge in [0.05, 0.1) is 19.2 Å². The molecule has 1 aromatic carbocycles. The number of ether oxygens (including phenoxy) is 1. The van der Waals surface area contributed by atoms with Gasteiger partial charge < -0.3 is 10.1 Å². The quantitative estimate of drug-likeness (QED) is 0.835. The predicted molar refractivity (Wildman–Crippen MR) is 85.7 cm³/mol. The fraction of sp³-hybridized carbons (Fsp3) is 0.250. The third-order valence-electron chi connectivity index (χ3n) is 2.97. The van der Waals surface area contributed by atoms with Crippen molar-refractivity contribution in [2.75, 3.05) is 13.7 Å². The highest BCUT2D eigenvalue weighted by atomic mass is 32.1. The molecule has 0 atom stereocenters. The minimum absolute atomic E-state index is 0.0150. The van der Waals surface area contributed by atoms with Gasteiger partial charge in [-0.1, -0.05) is 18.2 Å². The van der Waals surface area contributed by atoms with Gasteiger partial charge in [0.15, 0.2) is 0 Å². The molecule has 0 aliphatic heterocycles. The monoisotopic (exact) mass is 302 g/mol. The first-order valence-corrected chi connectivity index (χ1v) is 7.44. The van der Waals surface area contributed by atoms with E-state index in [-0.39, 0.29) is 5.91 Å². The maximum absolute atomic E-state index is 11.8. The first kappa shape index (κ1) is 15.3. The molecule has 2 rings (SSSR count). The molecule has 110 valence electrons. The minimum Gasteiger partial charge on any atom is -0.497 e. The van der Waals surface area contributed by atoms with Crippen LogP contribution in [0.3, 0.4) is 0 Å². The molecule has 0 spiro atoms. The van der Waals surface area contributed by atoms with Crippen molar-refractivity contribution in [1.82, 2.24) is 10.3 Å². The van der Waals surface area contributed by atoms with Gasteiger partial charge in [0.25, 0.3) is 0 Å². The number of aryl methyl sites for hydroxylation is 1. The molecule has 21 heavy (non-hydrogen) atoms. The summed E-state index contributed by atoms with van der Waals surface area (Å²) in [7, 11) is 1.64. The highest BCUT2D eigenvalue weighted by molar-refractivity contribution is 7.15. The number of hydrogen-bond donors (Lipinski definition) is 1. The van der Waals surface area contributed by atoms with Crippen molar-refractivity contribution in [3.05, 3.63) is 47.5 Å². The molecule has 0 aliphatic carbocycles. The maximum Gasteiger partial charge on any atom is 0.225 e. The SMILES string of the molecule is C=CCNC(=O)Cc1sc(-c2cccc(OC)c2)nc1C. The molecule has 5 heteroatoms. The zero-order valence-corrected chi connectivity index (χ0v) is 13.0. The molecule has 0 saturated heterocycles. The number of carbonyl (C=O) groups is 1. The lowest BCUT2D eigenvalue weighted by molar-refractivity contribution is -0.120. The largest absolute Gasteiger partial charge is 0.497 e. The zero-order chi connectivity index (χ0) is 15.2. The van der Waals surface area contributed by atoms with E-state index in [1.54, 1.807) is 24.5 Å². The van der Waals surface area contributed by atoms with E-state index in [9.17, 15) is 4.79 Å². The van der Waals surface area contributed by atoms with Gasteiger partial charge in [-0.2, -0.15) is 0 Å². The molecule has 0 saturated carbocycles. The van der Waals surface area contributed by atoms with E-state index in [4.69, 9.17) is 4.74 Å². The van der Waals surface area contributed by atoms with Crippen LogP contribution in [0.15, 0.2) is 36.9 Å². The van der Waals surface area contributed by atoms with Crippen molar-refractivity contribution < 1.29 is 9.53 Å². The molecule has 1 heterocycles. The van der Waals surface area contributed by atoms with E-state index >= 15 is 0 Å². The smallest absolute Gasteiger partial charge is 0.225 e. The van der Waals surface area contributed by atoms with Crippen LogP contribution in [-0.2, 0) is 11.2 Å². The first-order valence-electron chi connectivity index (χ1n) is 6.62. The average Bonchev–Trinajstić information content (AvgIpc) is 2.86. The number of rotatable bonds is 6. The molecule has 0 bridgehead atoms. The Labute approximate surface area is 128 Å². The van der Waals surface area contributed by atoms with Gasteiger partial charge >= 0.3 is 0 Å². The molecule has 1 aromatic heterocycles. The van der Waals surface area contributed by atoms with Crippen molar-refractivity contribution in [2.24, 2.45) is 0 Å². The van der Waals surface area contributed by atoms with Gasteiger partial charge in [-0.3, -0.25) is 4.79 Å². The Bertz CT molecular complexity index is 649. The van der Waals surface area contributed by atoms with Crippen LogP contribution in [0, 0.1) is 6.92 Å². The summed E-state index contributed by atoms with van der Waals surface area (Å²) < 4.78 is 5.23. The Morgan fingerprint density at radius 2 is 2.33 bits per heavy atom. The van der Waals surface area contributed by atoms with Gasteiger partial charge in [-0.25, -0.2) is 4.98 Å². The highest BCUT2D eigenvalue weighted by Crippen LogP contribution is 2.30. The number of methoxy groups -OCH3 is 1. The number of benzene rings is 1. The number of carbonyl (C=O) groups excluding carboxylic acids is 1. The number of nitrogens with one attached hydrogen (secondary N) is 1. The van der Waals surface area contributed by atoms with Crippen LogP contribution < -0.4 is 10.1 Å². The fourth-order valence-electron chi connectivity index (χ4n) is 1.87. The second-order valence-corrected chi connectivity index (χ2v) is 5.61. The van der Waals surface area contributed by atoms with Crippen molar-refractivity contribution in [3.63, 3.8) is 0 Å². The van der Waals surface area contributed by atoms with Gasteiger partial charge in [0.2, 0.25) is 5.91 Å². The van der Waals surface area contributed by atoms with E-state index in [1.165, 1.54) is 0 Å². The summed E-state index contributed by atoms with van der Waals surface area (Å²) in [5, 5.41) is 3.68. The lowest BCUT2D eigenvalue weighted by Gasteiger charge is -2.01. The Balaban J connectivity index is 2.18. The summed E-state index contributed by atoms with van der Waals surface area (Å²) >= 11 is 1.54. The van der Waals surface area contributed by atoms with Crippen LogP contribution in [0.5, 0.6) is 5.75 Å². The van der Waals surface area contributed by atoms with E-state index < -0.39 is 0 Å². The lowest BCUT2D eigenvalue weighted by atomic mass is 10.2. The van der Waals surface area contributed by atoms with E-state index in [2.05, 4.69) is 16.9 Å². The van der Waals surface area contributed by atoms with Crippen LogP contribution in [-0.4, -0.2) is 24.5 Å². The Hall–Kier alpha value is -2.14. The van der Waals surface area contributed by atoms with Gasteiger partial charge in [0.1, 0.15) is 10.8 Å². The van der Waals surface area contributed by atoms with Crippen molar-refractivity contribution >= 4 is 17.2 Å². The van der Waals surface area contributed by atoms with Crippen molar-refractivity contribution in [3.8, 4) is 16.3 Å². The lowest BCUT2D eigenvalue weighted by Crippen LogP contribution is -2.24. The molecular formula is C16H18N2O2S. The summed E-state index contributed by atoms with van der Waals surface area (Å²) in [5.41, 5.74) is 1.90. The normalized spacial score (nSPS) is 10.2. The first-order chi connectivity index (χ1) is 10.1. The number of thiazole rings is 1. The number of hydrogen-bond acceptors (Lipinski definition) is 4. The molecule has 1 N–H and O–H groups in total. The number of amides is 1. The van der Waals surface area contributed by atoms with E-state index in [1.807, 2.05) is 31.2 Å². The molecule has 0 radical (unpaired) electrons. The van der Waals surface area contributed by atoms with Crippen LogP contribution in [0.25, 0.3) is 10.6 Å². The van der Waals surface area contributed by atoms with Crippen LogP contribution >= 0.6 is 11.3 Å². The Morgan fingerprint density at radius 1 is 1.52 bits per heavy atom.